The molecule has 2 saturated heterocycles. The summed E-state index contributed by atoms with van der Waals surface area (Å²) in [5.74, 6) is -0.129. The number of nitrogens with one attached hydrogen (secondary N) is 2. The van der Waals surface area contributed by atoms with Gasteiger partial charge >= 0.3 is 0 Å². The topological polar surface area (TPSA) is 84.8 Å². The molecule has 7 heteroatoms. The molecule has 21 heavy (non-hydrogen) atoms. The van der Waals surface area contributed by atoms with Crippen LogP contribution < -0.4 is 10.6 Å². The first-order valence-corrected chi connectivity index (χ1v) is 8.19. The number of likely N-dealkylation sites (tertiary alicyclic amines) is 1. The van der Waals surface area contributed by atoms with E-state index in [2.05, 4.69) is 10.6 Å². The van der Waals surface area contributed by atoms with Gasteiger partial charge in [-0.1, -0.05) is 0 Å². The summed E-state index contributed by atoms with van der Waals surface area (Å²) in [5.41, 5.74) is 0. The average molecular weight is 311 g/mol. The van der Waals surface area contributed by atoms with E-state index in [1.165, 1.54) is 11.3 Å². The van der Waals surface area contributed by atoms with Crippen LogP contribution in [-0.4, -0.2) is 52.8 Å². The molecule has 0 bridgehead atoms. The lowest BCUT2D eigenvalue weighted by Crippen LogP contribution is -2.35. The summed E-state index contributed by atoms with van der Waals surface area (Å²) in [7, 11) is 0. The summed E-state index contributed by atoms with van der Waals surface area (Å²) in [4.78, 5) is 14.9. The molecule has 4 N–H and O–H groups in total. The number of β-amino-alcohol motifs (C(OH)–C–C–N with tert-alkyl or cyclic N) is 1. The fraction of sp³-hybridized carbons (Fsp3) is 0.643. The van der Waals surface area contributed by atoms with Gasteiger partial charge in [-0.2, -0.15) is 0 Å². The predicted octanol–water partition coefficient (Wildman–Crippen LogP) is 0.496. The molecule has 3 heterocycles. The van der Waals surface area contributed by atoms with Gasteiger partial charge in [0.1, 0.15) is 6.23 Å². The Bertz CT molecular complexity index is 501. The standard InChI is InChI=1S/C14H21N3O3S/c18-9-7-10(15-8-9)13(19)16-12-4-3-11(21-12)14(20)17-5-1-2-6-17/h3-4,9-10,14-15,18,20H,1-2,5-8H2,(H,16,19)/t9-,10-,14?/m0/s1. The van der Waals surface area contributed by atoms with Crippen molar-refractivity contribution in [2.24, 2.45) is 0 Å². The molecule has 0 spiro atoms. The maximum absolute atomic E-state index is 12.0. The average Bonchev–Trinajstić information content (AvgIpc) is 3.18. The third kappa shape index (κ3) is 3.44. The molecule has 0 aromatic carbocycles. The van der Waals surface area contributed by atoms with E-state index in [0.717, 1.165) is 35.8 Å². The Morgan fingerprint density at radius 1 is 1.43 bits per heavy atom. The van der Waals surface area contributed by atoms with E-state index in [1.54, 1.807) is 0 Å². The highest BCUT2D eigenvalue weighted by Gasteiger charge is 2.28. The maximum Gasteiger partial charge on any atom is 0.242 e. The van der Waals surface area contributed by atoms with Crippen LogP contribution in [0.1, 0.15) is 30.4 Å². The first kappa shape index (κ1) is 14.9. The van der Waals surface area contributed by atoms with Gasteiger partial charge in [0, 0.05) is 19.6 Å². The first-order chi connectivity index (χ1) is 10.1. The van der Waals surface area contributed by atoms with Crippen molar-refractivity contribution in [3.05, 3.63) is 17.0 Å². The summed E-state index contributed by atoms with van der Waals surface area (Å²) in [6.45, 7) is 2.30. The molecule has 1 unspecified atom stereocenters. The smallest absolute Gasteiger partial charge is 0.242 e. The molecule has 1 aromatic heterocycles. The van der Waals surface area contributed by atoms with Gasteiger partial charge in [0.25, 0.3) is 0 Å². The summed E-state index contributed by atoms with van der Waals surface area (Å²) in [6.07, 6.45) is 1.68. The zero-order valence-corrected chi connectivity index (χ0v) is 12.6. The van der Waals surface area contributed by atoms with Crippen LogP contribution in [0.15, 0.2) is 12.1 Å². The Hall–Kier alpha value is -0.990. The van der Waals surface area contributed by atoms with Gasteiger partial charge in [0.05, 0.1) is 22.0 Å². The Morgan fingerprint density at radius 3 is 2.86 bits per heavy atom. The van der Waals surface area contributed by atoms with Crippen LogP contribution in [0.2, 0.25) is 0 Å². The highest BCUT2D eigenvalue weighted by molar-refractivity contribution is 7.16. The Kier molecular flexibility index (Phi) is 4.56. The van der Waals surface area contributed by atoms with Gasteiger partial charge in [-0.25, -0.2) is 0 Å². The number of aliphatic hydroxyl groups is 2. The van der Waals surface area contributed by atoms with Crippen LogP contribution in [-0.2, 0) is 4.79 Å². The van der Waals surface area contributed by atoms with E-state index < -0.39 is 12.3 Å². The summed E-state index contributed by atoms with van der Waals surface area (Å²) in [6, 6.07) is 3.34. The van der Waals surface area contributed by atoms with E-state index in [4.69, 9.17) is 0 Å². The molecule has 1 amide bonds. The molecule has 6 nitrogen and oxygen atoms in total. The van der Waals surface area contributed by atoms with Gasteiger partial charge in [-0.3, -0.25) is 9.69 Å². The minimum atomic E-state index is -0.574. The van der Waals surface area contributed by atoms with Crippen LogP contribution in [0.4, 0.5) is 5.00 Å². The second-order valence-corrected chi connectivity index (χ2v) is 6.77. The Morgan fingerprint density at radius 2 is 2.19 bits per heavy atom. The van der Waals surface area contributed by atoms with Gasteiger partial charge in [-0.05, 0) is 31.4 Å². The molecule has 2 aliphatic heterocycles. The van der Waals surface area contributed by atoms with Crippen molar-refractivity contribution in [2.45, 2.75) is 37.6 Å². The summed E-state index contributed by atoms with van der Waals surface area (Å²) >= 11 is 1.40. The molecular weight excluding hydrogens is 290 g/mol. The largest absolute Gasteiger partial charge is 0.392 e. The predicted molar refractivity (Wildman–Crippen MR) is 81.1 cm³/mol. The Balaban J connectivity index is 1.58. The molecule has 3 rings (SSSR count). The van der Waals surface area contributed by atoms with Crippen LogP contribution >= 0.6 is 11.3 Å². The van der Waals surface area contributed by atoms with Crippen molar-refractivity contribution in [3.63, 3.8) is 0 Å². The van der Waals surface area contributed by atoms with Crippen LogP contribution in [0.5, 0.6) is 0 Å². The quantitative estimate of drug-likeness (QED) is 0.650. The highest BCUT2D eigenvalue weighted by Crippen LogP contribution is 2.31. The molecule has 2 fully saturated rings. The molecule has 0 saturated carbocycles. The molecule has 1 aromatic rings. The number of thiophene rings is 1. The van der Waals surface area contributed by atoms with Crippen molar-refractivity contribution in [2.75, 3.05) is 25.0 Å². The first-order valence-electron chi connectivity index (χ1n) is 7.37. The van der Waals surface area contributed by atoms with Crippen molar-refractivity contribution in [1.82, 2.24) is 10.2 Å². The summed E-state index contributed by atoms with van der Waals surface area (Å²) in [5, 5.41) is 26.3. The lowest BCUT2D eigenvalue weighted by molar-refractivity contribution is -0.117. The minimum Gasteiger partial charge on any atom is -0.392 e. The molecule has 2 aliphatic rings. The van der Waals surface area contributed by atoms with Crippen LogP contribution in [0.3, 0.4) is 0 Å². The second-order valence-electron chi connectivity index (χ2n) is 5.66. The summed E-state index contributed by atoms with van der Waals surface area (Å²) < 4.78 is 0. The number of anilines is 1. The monoisotopic (exact) mass is 311 g/mol. The van der Waals surface area contributed by atoms with Crippen LogP contribution in [0, 0.1) is 0 Å². The SMILES string of the molecule is O=C(Nc1ccc(C(O)N2CCCC2)s1)[C@@H]1C[C@H](O)CN1. The van der Waals surface area contributed by atoms with Gasteiger partial charge in [0.2, 0.25) is 5.91 Å². The number of hydrogen-bond acceptors (Lipinski definition) is 6. The maximum atomic E-state index is 12.0. The van der Waals surface area contributed by atoms with Crippen molar-refractivity contribution < 1.29 is 15.0 Å². The number of rotatable bonds is 4. The zero-order chi connectivity index (χ0) is 14.8. The van der Waals surface area contributed by atoms with E-state index in [-0.39, 0.29) is 11.9 Å². The molecule has 0 aliphatic carbocycles. The lowest BCUT2D eigenvalue weighted by atomic mass is 10.2. The number of hydrogen-bond donors (Lipinski definition) is 4. The van der Waals surface area contributed by atoms with Gasteiger partial charge in [0.15, 0.2) is 0 Å². The Labute approximate surface area is 127 Å². The fourth-order valence-electron chi connectivity index (χ4n) is 2.85. The molecular formula is C14H21N3O3S. The number of carbonyl (C=O) groups is 1. The van der Waals surface area contributed by atoms with E-state index in [0.29, 0.717) is 13.0 Å². The normalized spacial score (nSPS) is 27.9. The van der Waals surface area contributed by atoms with E-state index in [9.17, 15) is 15.0 Å². The fourth-order valence-corrected chi connectivity index (χ4v) is 3.78. The molecule has 3 atom stereocenters. The lowest BCUT2D eigenvalue weighted by Gasteiger charge is -2.20. The third-order valence-electron chi connectivity index (χ3n) is 4.04. The van der Waals surface area contributed by atoms with E-state index in [1.807, 2.05) is 17.0 Å². The van der Waals surface area contributed by atoms with Crippen molar-refractivity contribution >= 4 is 22.2 Å². The number of nitrogens with zero attached hydrogens (tertiary/aromatic N) is 1. The zero-order valence-electron chi connectivity index (χ0n) is 11.8. The van der Waals surface area contributed by atoms with E-state index >= 15 is 0 Å². The highest BCUT2D eigenvalue weighted by atomic mass is 32.1. The van der Waals surface area contributed by atoms with Crippen molar-refractivity contribution in [1.29, 1.82) is 0 Å². The second kappa shape index (κ2) is 6.41. The number of amides is 1. The number of aliphatic hydroxyl groups excluding tert-OH is 2. The van der Waals surface area contributed by atoms with Crippen molar-refractivity contribution in [3.8, 4) is 0 Å². The van der Waals surface area contributed by atoms with Crippen LogP contribution in [0.25, 0.3) is 0 Å². The molecule has 116 valence electrons. The van der Waals surface area contributed by atoms with Gasteiger partial charge < -0.3 is 20.8 Å². The number of carbonyl (C=O) groups excluding carboxylic acids is 1. The minimum absolute atomic E-state index is 0.129. The molecule has 0 radical (unpaired) electrons. The third-order valence-corrected chi connectivity index (χ3v) is 5.08. The van der Waals surface area contributed by atoms with Gasteiger partial charge in [-0.15, -0.1) is 11.3 Å².